The van der Waals surface area contributed by atoms with Crippen molar-refractivity contribution in [1.82, 2.24) is 5.32 Å². The maximum absolute atomic E-state index is 15.0. The van der Waals surface area contributed by atoms with E-state index in [1.165, 1.54) is 0 Å². The predicted molar refractivity (Wildman–Crippen MR) is 95.8 cm³/mol. The summed E-state index contributed by atoms with van der Waals surface area (Å²) in [6, 6.07) is 11.4. The molecule has 0 saturated heterocycles. The first kappa shape index (κ1) is 19.2. The number of carboxylic acid groups (broad SMARTS) is 1. The summed E-state index contributed by atoms with van der Waals surface area (Å²) >= 11 is 6.11. The molecule has 0 aromatic heterocycles. The molecule has 134 valence electrons. The smallest absolute Gasteiger partial charge is 0.304 e. The van der Waals surface area contributed by atoms with Crippen LogP contribution in [0.15, 0.2) is 42.5 Å². The largest absolute Gasteiger partial charge is 0.481 e. The normalized spacial score (nSPS) is 13.3. The Morgan fingerprint density at radius 2 is 1.96 bits per heavy atom. The van der Waals surface area contributed by atoms with Gasteiger partial charge in [0.05, 0.1) is 11.4 Å². The van der Waals surface area contributed by atoms with Gasteiger partial charge in [-0.2, -0.15) is 0 Å². The van der Waals surface area contributed by atoms with E-state index in [0.29, 0.717) is 17.7 Å². The van der Waals surface area contributed by atoms with E-state index in [4.69, 9.17) is 21.4 Å². The average molecular weight is 366 g/mol. The van der Waals surface area contributed by atoms with Crippen LogP contribution >= 0.6 is 11.6 Å². The molecule has 0 bridgehead atoms. The minimum Gasteiger partial charge on any atom is -0.481 e. The van der Waals surface area contributed by atoms with E-state index < -0.39 is 11.8 Å². The molecule has 0 spiro atoms. The van der Waals surface area contributed by atoms with Crippen LogP contribution < -0.4 is 10.1 Å². The fraction of sp³-hybridized carbons (Fsp3) is 0.316. The summed E-state index contributed by atoms with van der Waals surface area (Å²) in [4.78, 5) is 10.8. The Hall–Kier alpha value is -2.11. The van der Waals surface area contributed by atoms with Gasteiger partial charge in [-0.05, 0) is 31.5 Å². The van der Waals surface area contributed by atoms with Gasteiger partial charge in [0.25, 0.3) is 0 Å². The molecule has 4 nitrogen and oxygen atoms in total. The lowest BCUT2D eigenvalue weighted by Crippen LogP contribution is -2.32. The molecular formula is C19H21ClFNO3. The summed E-state index contributed by atoms with van der Waals surface area (Å²) in [5, 5.41) is 12.2. The molecule has 2 rings (SSSR count). The maximum Gasteiger partial charge on any atom is 0.304 e. The van der Waals surface area contributed by atoms with Crippen LogP contribution in [0.2, 0.25) is 5.02 Å². The van der Waals surface area contributed by atoms with Crippen molar-refractivity contribution in [2.75, 3.05) is 0 Å². The van der Waals surface area contributed by atoms with Crippen molar-refractivity contribution in [3.05, 3.63) is 58.9 Å². The average Bonchev–Trinajstić information content (AvgIpc) is 2.57. The van der Waals surface area contributed by atoms with E-state index in [9.17, 15) is 4.79 Å². The Balaban J connectivity index is 2.28. The van der Waals surface area contributed by atoms with E-state index in [-0.39, 0.29) is 29.3 Å². The molecule has 0 saturated carbocycles. The van der Waals surface area contributed by atoms with Crippen molar-refractivity contribution in [2.45, 2.75) is 38.8 Å². The summed E-state index contributed by atoms with van der Waals surface area (Å²) in [5.41, 5.74) is 0.398. The lowest BCUT2D eigenvalue weighted by atomic mass is 10.0. The number of ether oxygens (including phenoxy) is 1. The summed E-state index contributed by atoms with van der Waals surface area (Å²) in [6.45, 7) is 3.66. The topological polar surface area (TPSA) is 58.6 Å². The molecule has 2 N–H and O–H groups in total. The third-order valence-electron chi connectivity index (χ3n) is 3.79. The Morgan fingerprint density at radius 1 is 1.28 bits per heavy atom. The Kier molecular flexibility index (Phi) is 6.79. The van der Waals surface area contributed by atoms with Crippen LogP contribution in [0.5, 0.6) is 11.5 Å². The van der Waals surface area contributed by atoms with Gasteiger partial charge in [-0.1, -0.05) is 42.8 Å². The molecule has 2 aromatic carbocycles. The first-order chi connectivity index (χ1) is 11.9. The van der Waals surface area contributed by atoms with Gasteiger partial charge >= 0.3 is 5.97 Å². The molecule has 25 heavy (non-hydrogen) atoms. The SMILES string of the molecule is CC[C@@H](N[C@H](C)CC(=O)O)c1ccc(Cl)c(Oc2ccccc2)c1F. The Morgan fingerprint density at radius 3 is 2.56 bits per heavy atom. The molecule has 0 fully saturated rings. The number of hydrogen-bond acceptors (Lipinski definition) is 3. The van der Waals surface area contributed by atoms with Crippen molar-refractivity contribution in [3.63, 3.8) is 0 Å². The van der Waals surface area contributed by atoms with Crippen LogP contribution in [0.4, 0.5) is 4.39 Å². The van der Waals surface area contributed by atoms with E-state index in [2.05, 4.69) is 5.32 Å². The lowest BCUT2D eigenvalue weighted by molar-refractivity contribution is -0.137. The fourth-order valence-corrected chi connectivity index (χ4v) is 2.79. The number of para-hydroxylation sites is 1. The zero-order valence-electron chi connectivity index (χ0n) is 14.1. The second-order valence-corrected chi connectivity index (χ2v) is 6.23. The minimum atomic E-state index is -0.903. The van der Waals surface area contributed by atoms with Crippen LogP contribution in [0.25, 0.3) is 0 Å². The van der Waals surface area contributed by atoms with E-state index in [0.717, 1.165) is 0 Å². The van der Waals surface area contributed by atoms with Gasteiger partial charge in [-0.25, -0.2) is 4.39 Å². The maximum atomic E-state index is 15.0. The molecule has 0 heterocycles. The van der Waals surface area contributed by atoms with E-state index in [1.807, 2.05) is 13.0 Å². The summed E-state index contributed by atoms with van der Waals surface area (Å²) in [7, 11) is 0. The van der Waals surface area contributed by atoms with Crippen LogP contribution in [0.3, 0.4) is 0 Å². The van der Waals surface area contributed by atoms with Gasteiger partial charge in [-0.15, -0.1) is 0 Å². The number of halogens is 2. The van der Waals surface area contributed by atoms with Gasteiger partial charge < -0.3 is 15.2 Å². The van der Waals surface area contributed by atoms with Crippen molar-refractivity contribution >= 4 is 17.6 Å². The zero-order valence-corrected chi connectivity index (χ0v) is 14.9. The first-order valence-electron chi connectivity index (χ1n) is 8.11. The number of carbonyl (C=O) groups is 1. The van der Waals surface area contributed by atoms with Crippen molar-refractivity contribution in [2.24, 2.45) is 0 Å². The fourth-order valence-electron chi connectivity index (χ4n) is 2.61. The Labute approximate surface area is 151 Å². The van der Waals surface area contributed by atoms with Gasteiger partial charge in [0.15, 0.2) is 11.6 Å². The Bertz CT molecular complexity index is 724. The third kappa shape index (κ3) is 5.18. The lowest BCUT2D eigenvalue weighted by Gasteiger charge is -2.23. The standard InChI is InChI=1S/C19H21ClFNO3/c1-3-16(22-12(2)11-17(23)24)14-9-10-15(20)19(18(14)21)25-13-7-5-4-6-8-13/h4-10,12,16,22H,3,11H2,1-2H3,(H,23,24)/t12-,16-/m1/s1. The highest BCUT2D eigenvalue weighted by molar-refractivity contribution is 6.32. The molecule has 0 radical (unpaired) electrons. The number of nitrogens with one attached hydrogen (secondary N) is 1. The van der Waals surface area contributed by atoms with Crippen molar-refractivity contribution < 1.29 is 19.0 Å². The van der Waals surface area contributed by atoms with Gasteiger partial charge in [-0.3, -0.25) is 4.79 Å². The molecule has 0 unspecified atom stereocenters. The summed E-state index contributed by atoms with van der Waals surface area (Å²) in [5.74, 6) is -0.991. The third-order valence-corrected chi connectivity index (χ3v) is 4.09. The highest BCUT2D eigenvalue weighted by Crippen LogP contribution is 2.36. The molecule has 2 aromatic rings. The highest BCUT2D eigenvalue weighted by Gasteiger charge is 2.22. The van der Waals surface area contributed by atoms with E-state index in [1.54, 1.807) is 43.3 Å². The molecule has 0 aliphatic rings. The van der Waals surface area contributed by atoms with Gasteiger partial charge in [0.1, 0.15) is 5.75 Å². The molecule has 6 heteroatoms. The van der Waals surface area contributed by atoms with Crippen LogP contribution in [0.1, 0.15) is 38.3 Å². The first-order valence-corrected chi connectivity index (χ1v) is 8.48. The van der Waals surface area contributed by atoms with Gasteiger partial charge in [0.2, 0.25) is 0 Å². The number of aliphatic carboxylic acids is 1. The molecule has 0 aliphatic carbocycles. The number of hydrogen-bond donors (Lipinski definition) is 2. The van der Waals surface area contributed by atoms with Crippen LogP contribution in [-0.2, 0) is 4.79 Å². The monoisotopic (exact) mass is 365 g/mol. The number of rotatable bonds is 8. The molecule has 0 amide bonds. The molecule has 0 aliphatic heterocycles. The zero-order chi connectivity index (χ0) is 18.4. The molecule has 2 atom stereocenters. The van der Waals surface area contributed by atoms with Crippen molar-refractivity contribution in [3.8, 4) is 11.5 Å². The predicted octanol–water partition coefficient (Wildman–Crippen LogP) is 5.18. The van der Waals surface area contributed by atoms with Crippen LogP contribution in [0, 0.1) is 5.82 Å². The number of carboxylic acids is 1. The number of benzene rings is 2. The quantitative estimate of drug-likeness (QED) is 0.677. The van der Waals surface area contributed by atoms with Crippen LogP contribution in [-0.4, -0.2) is 17.1 Å². The molecular weight excluding hydrogens is 345 g/mol. The second-order valence-electron chi connectivity index (χ2n) is 5.82. The van der Waals surface area contributed by atoms with Gasteiger partial charge in [0, 0.05) is 17.6 Å². The summed E-state index contributed by atoms with van der Waals surface area (Å²) in [6.07, 6.45) is 0.548. The highest BCUT2D eigenvalue weighted by atomic mass is 35.5. The van der Waals surface area contributed by atoms with Crippen molar-refractivity contribution in [1.29, 1.82) is 0 Å². The summed E-state index contributed by atoms with van der Waals surface area (Å²) < 4.78 is 20.6. The van der Waals surface area contributed by atoms with E-state index >= 15 is 4.39 Å². The second kappa shape index (κ2) is 8.83. The minimum absolute atomic E-state index is 0.0310.